The molecule has 3 rings (SSSR count). The molecule has 5 heteroatoms. The Morgan fingerprint density at radius 1 is 1.05 bits per heavy atom. The van der Waals surface area contributed by atoms with E-state index in [2.05, 4.69) is 0 Å². The zero-order valence-corrected chi connectivity index (χ0v) is 11.7. The van der Waals surface area contributed by atoms with E-state index < -0.39 is 24.6 Å². The monoisotopic (exact) mass is 290 g/mol. The molecular weight excluding hydrogens is 272 g/mol. The molecule has 2 N–H and O–H groups in total. The van der Waals surface area contributed by atoms with Gasteiger partial charge in [-0.1, -0.05) is 30.3 Å². The molecule has 21 heavy (non-hydrogen) atoms. The van der Waals surface area contributed by atoms with Crippen LogP contribution < -0.4 is 4.74 Å². The van der Waals surface area contributed by atoms with Crippen LogP contribution in [0.1, 0.15) is 0 Å². The minimum atomic E-state index is -1.16. The van der Waals surface area contributed by atoms with E-state index in [1.165, 1.54) is 7.11 Å². The van der Waals surface area contributed by atoms with E-state index in [1.54, 1.807) is 0 Å². The average Bonchev–Trinajstić information content (AvgIpc) is 2.52. The lowest BCUT2D eigenvalue weighted by Crippen LogP contribution is -2.55. The molecule has 1 saturated heterocycles. The summed E-state index contributed by atoms with van der Waals surface area (Å²) in [6.07, 6.45) is -3.65. The standard InChI is InChI=1S/C16H18O5/c1-19-13-9-20-16(15(18)14(13)17)21-12-7-6-10-4-2-3-5-11(10)8-12/h2-8,13-18H,9H2,1H3/t13-,14+,15-,16+/m1/s1. The lowest BCUT2D eigenvalue weighted by Gasteiger charge is -2.36. The smallest absolute Gasteiger partial charge is 0.228 e. The van der Waals surface area contributed by atoms with Gasteiger partial charge < -0.3 is 24.4 Å². The highest BCUT2D eigenvalue weighted by atomic mass is 16.7. The summed E-state index contributed by atoms with van der Waals surface area (Å²) in [5.41, 5.74) is 0. The first kappa shape index (κ1) is 14.3. The van der Waals surface area contributed by atoms with Gasteiger partial charge in [-0.15, -0.1) is 0 Å². The van der Waals surface area contributed by atoms with Crippen molar-refractivity contribution >= 4 is 10.8 Å². The van der Waals surface area contributed by atoms with E-state index >= 15 is 0 Å². The molecule has 0 aromatic heterocycles. The molecule has 1 aliphatic heterocycles. The van der Waals surface area contributed by atoms with Gasteiger partial charge in [0.05, 0.1) is 6.61 Å². The number of fused-ring (bicyclic) bond motifs is 1. The van der Waals surface area contributed by atoms with E-state index in [9.17, 15) is 10.2 Å². The summed E-state index contributed by atoms with van der Waals surface area (Å²) >= 11 is 0. The molecule has 1 fully saturated rings. The summed E-state index contributed by atoms with van der Waals surface area (Å²) in [5.74, 6) is 0.584. The molecule has 112 valence electrons. The summed E-state index contributed by atoms with van der Waals surface area (Å²) in [7, 11) is 1.47. The minimum absolute atomic E-state index is 0.174. The van der Waals surface area contributed by atoms with Crippen molar-refractivity contribution < 1.29 is 24.4 Å². The summed E-state index contributed by atoms with van der Waals surface area (Å²) in [6.45, 7) is 0.174. The van der Waals surface area contributed by atoms with Gasteiger partial charge >= 0.3 is 0 Å². The maximum absolute atomic E-state index is 10.0. The number of hydrogen-bond acceptors (Lipinski definition) is 5. The van der Waals surface area contributed by atoms with Gasteiger partial charge in [-0.3, -0.25) is 0 Å². The number of ether oxygens (including phenoxy) is 3. The van der Waals surface area contributed by atoms with Gasteiger partial charge in [0.25, 0.3) is 0 Å². The first-order valence-corrected chi connectivity index (χ1v) is 6.85. The molecular formula is C16H18O5. The van der Waals surface area contributed by atoms with Gasteiger partial charge in [0.15, 0.2) is 0 Å². The summed E-state index contributed by atoms with van der Waals surface area (Å²) in [4.78, 5) is 0. The number of aliphatic hydroxyl groups excluding tert-OH is 2. The topological polar surface area (TPSA) is 68.2 Å². The maximum atomic E-state index is 10.0. The summed E-state index contributed by atoms with van der Waals surface area (Å²) < 4.78 is 16.1. The Balaban J connectivity index is 1.76. The fourth-order valence-electron chi connectivity index (χ4n) is 2.45. The van der Waals surface area contributed by atoms with Crippen molar-refractivity contribution in [3.8, 4) is 5.75 Å². The fraction of sp³-hybridized carbons (Fsp3) is 0.375. The normalized spacial score (nSPS) is 29.5. The van der Waals surface area contributed by atoms with Gasteiger partial charge in [0.2, 0.25) is 6.29 Å². The Kier molecular flexibility index (Phi) is 4.07. The van der Waals surface area contributed by atoms with Gasteiger partial charge in [-0.25, -0.2) is 0 Å². The summed E-state index contributed by atoms with van der Waals surface area (Å²) in [6, 6.07) is 13.5. The third-order valence-corrected chi connectivity index (χ3v) is 3.71. The Hall–Kier alpha value is -1.66. The van der Waals surface area contributed by atoms with E-state index in [0.717, 1.165) is 10.8 Å². The zero-order valence-electron chi connectivity index (χ0n) is 11.7. The molecule has 0 radical (unpaired) electrons. The van der Waals surface area contributed by atoms with E-state index in [4.69, 9.17) is 14.2 Å². The van der Waals surface area contributed by atoms with Gasteiger partial charge in [-0.2, -0.15) is 0 Å². The van der Waals surface area contributed by atoms with Crippen LogP contribution in [-0.4, -0.2) is 48.5 Å². The third kappa shape index (κ3) is 2.87. The number of methoxy groups -OCH3 is 1. The van der Waals surface area contributed by atoms with Crippen molar-refractivity contribution in [2.75, 3.05) is 13.7 Å². The molecule has 2 aromatic rings. The quantitative estimate of drug-likeness (QED) is 0.892. The van der Waals surface area contributed by atoms with E-state index in [0.29, 0.717) is 5.75 Å². The number of rotatable bonds is 3. The lowest BCUT2D eigenvalue weighted by molar-refractivity contribution is -0.246. The number of hydrogen-bond donors (Lipinski definition) is 2. The van der Waals surface area contributed by atoms with Crippen LogP contribution in [-0.2, 0) is 9.47 Å². The predicted molar refractivity (Wildman–Crippen MR) is 77.1 cm³/mol. The van der Waals surface area contributed by atoms with Crippen molar-refractivity contribution in [2.24, 2.45) is 0 Å². The molecule has 0 bridgehead atoms. The predicted octanol–water partition coefficient (Wildman–Crippen LogP) is 1.31. The van der Waals surface area contributed by atoms with Crippen LogP contribution in [0, 0.1) is 0 Å². The van der Waals surface area contributed by atoms with Crippen molar-refractivity contribution in [2.45, 2.75) is 24.6 Å². The third-order valence-electron chi connectivity index (χ3n) is 3.71. The first-order chi connectivity index (χ1) is 10.2. The summed E-state index contributed by atoms with van der Waals surface area (Å²) in [5, 5.41) is 22.1. The van der Waals surface area contributed by atoms with Crippen LogP contribution in [0.4, 0.5) is 0 Å². The van der Waals surface area contributed by atoms with E-state index in [-0.39, 0.29) is 6.61 Å². The van der Waals surface area contributed by atoms with Crippen LogP contribution in [0.5, 0.6) is 5.75 Å². The molecule has 0 aliphatic carbocycles. The van der Waals surface area contributed by atoms with Crippen LogP contribution in [0.2, 0.25) is 0 Å². The first-order valence-electron chi connectivity index (χ1n) is 6.85. The molecule has 0 amide bonds. The van der Waals surface area contributed by atoms with Crippen molar-refractivity contribution in [3.05, 3.63) is 42.5 Å². The highest BCUT2D eigenvalue weighted by molar-refractivity contribution is 5.83. The zero-order chi connectivity index (χ0) is 14.8. The lowest BCUT2D eigenvalue weighted by atomic mass is 10.1. The Morgan fingerprint density at radius 3 is 2.57 bits per heavy atom. The Morgan fingerprint density at radius 2 is 1.81 bits per heavy atom. The highest BCUT2D eigenvalue weighted by Crippen LogP contribution is 2.25. The average molecular weight is 290 g/mol. The van der Waals surface area contributed by atoms with Crippen LogP contribution in [0.15, 0.2) is 42.5 Å². The Bertz CT molecular complexity index is 614. The van der Waals surface area contributed by atoms with E-state index in [1.807, 2.05) is 42.5 Å². The second kappa shape index (κ2) is 5.99. The largest absolute Gasteiger partial charge is 0.462 e. The maximum Gasteiger partial charge on any atom is 0.228 e. The van der Waals surface area contributed by atoms with Crippen molar-refractivity contribution in [3.63, 3.8) is 0 Å². The van der Waals surface area contributed by atoms with Crippen LogP contribution >= 0.6 is 0 Å². The molecule has 0 saturated carbocycles. The van der Waals surface area contributed by atoms with Crippen molar-refractivity contribution in [1.29, 1.82) is 0 Å². The molecule has 5 nitrogen and oxygen atoms in total. The molecule has 2 aromatic carbocycles. The molecule has 0 unspecified atom stereocenters. The highest BCUT2D eigenvalue weighted by Gasteiger charge is 2.40. The fourth-order valence-corrected chi connectivity index (χ4v) is 2.45. The second-order valence-corrected chi connectivity index (χ2v) is 5.08. The van der Waals surface area contributed by atoms with Gasteiger partial charge in [-0.05, 0) is 22.9 Å². The second-order valence-electron chi connectivity index (χ2n) is 5.08. The molecule has 1 aliphatic rings. The van der Waals surface area contributed by atoms with Gasteiger partial charge in [0.1, 0.15) is 24.1 Å². The van der Waals surface area contributed by atoms with Crippen LogP contribution in [0.3, 0.4) is 0 Å². The molecule has 0 spiro atoms. The minimum Gasteiger partial charge on any atom is -0.462 e. The van der Waals surface area contributed by atoms with Crippen LogP contribution in [0.25, 0.3) is 10.8 Å². The Labute approximate surface area is 122 Å². The number of benzene rings is 2. The number of aliphatic hydroxyl groups is 2. The van der Waals surface area contributed by atoms with Crippen molar-refractivity contribution in [1.82, 2.24) is 0 Å². The SMILES string of the molecule is CO[C@@H]1CO[C@@H](Oc2ccc3ccccc3c2)[C@H](O)[C@H]1O. The van der Waals surface area contributed by atoms with Gasteiger partial charge in [0, 0.05) is 7.11 Å². The molecule has 1 heterocycles. The molecule has 4 atom stereocenters.